The third kappa shape index (κ3) is 1.78. The van der Waals surface area contributed by atoms with Crippen LogP contribution < -0.4 is 5.73 Å². The van der Waals surface area contributed by atoms with Gasteiger partial charge < -0.3 is 10.2 Å². The van der Waals surface area contributed by atoms with Crippen LogP contribution in [0.5, 0.6) is 0 Å². The van der Waals surface area contributed by atoms with Gasteiger partial charge in [0.25, 0.3) is 0 Å². The molecule has 4 rings (SSSR count). The minimum atomic E-state index is -0.398. The van der Waals surface area contributed by atoms with Crippen LogP contribution in [0.3, 0.4) is 0 Å². The normalized spacial score (nSPS) is 11.3. The van der Waals surface area contributed by atoms with Gasteiger partial charge in [-0.2, -0.15) is 0 Å². The molecule has 1 aromatic heterocycles. The zero-order valence-corrected chi connectivity index (χ0v) is 11.1. The summed E-state index contributed by atoms with van der Waals surface area (Å²) < 4.78 is 19.4. The van der Waals surface area contributed by atoms with E-state index in [1.165, 1.54) is 6.07 Å². The Morgan fingerprint density at radius 1 is 0.810 bits per heavy atom. The number of rotatable bonds is 1. The molecule has 102 valence electrons. The van der Waals surface area contributed by atoms with Gasteiger partial charge in [-0.25, -0.2) is 4.39 Å². The molecule has 2 N–H and O–H groups in total. The lowest BCUT2D eigenvalue weighted by Crippen LogP contribution is -1.93. The zero-order valence-electron chi connectivity index (χ0n) is 11.1. The van der Waals surface area contributed by atoms with E-state index in [2.05, 4.69) is 0 Å². The summed E-state index contributed by atoms with van der Waals surface area (Å²) >= 11 is 0. The maximum Gasteiger partial charge on any atom is 0.146 e. The summed E-state index contributed by atoms with van der Waals surface area (Å²) in [5.41, 5.74) is 9.26. The molecule has 0 saturated heterocycles. The minimum absolute atomic E-state index is 0.171. The molecule has 0 aliphatic rings. The van der Waals surface area contributed by atoms with Crippen molar-refractivity contribution in [1.29, 1.82) is 0 Å². The first-order valence-electron chi connectivity index (χ1n) is 6.70. The number of nitrogen functional groups attached to an aromatic ring is 1. The highest BCUT2D eigenvalue weighted by Crippen LogP contribution is 2.34. The molecular formula is C18H12FNO. The average molecular weight is 277 g/mol. The van der Waals surface area contributed by atoms with Crippen molar-refractivity contribution in [1.82, 2.24) is 0 Å². The van der Waals surface area contributed by atoms with E-state index in [0.717, 1.165) is 27.5 Å². The van der Waals surface area contributed by atoms with Crippen molar-refractivity contribution < 1.29 is 8.81 Å². The summed E-state index contributed by atoms with van der Waals surface area (Å²) in [6.45, 7) is 0. The lowest BCUT2D eigenvalue weighted by Gasteiger charge is -2.06. The average Bonchev–Trinajstić information content (AvgIpc) is 2.88. The van der Waals surface area contributed by atoms with E-state index in [9.17, 15) is 4.39 Å². The van der Waals surface area contributed by atoms with Crippen molar-refractivity contribution in [2.75, 3.05) is 5.73 Å². The van der Waals surface area contributed by atoms with Gasteiger partial charge in [-0.05, 0) is 29.8 Å². The molecule has 0 saturated carbocycles. The van der Waals surface area contributed by atoms with Crippen LogP contribution in [0, 0.1) is 5.82 Å². The minimum Gasteiger partial charge on any atom is -0.456 e. The van der Waals surface area contributed by atoms with E-state index in [0.29, 0.717) is 5.56 Å². The summed E-state index contributed by atoms with van der Waals surface area (Å²) in [4.78, 5) is 0. The van der Waals surface area contributed by atoms with Crippen molar-refractivity contribution in [3.05, 3.63) is 66.5 Å². The summed E-state index contributed by atoms with van der Waals surface area (Å²) in [6, 6.07) is 18.5. The van der Waals surface area contributed by atoms with Crippen molar-refractivity contribution >= 4 is 27.6 Å². The van der Waals surface area contributed by atoms with Crippen LogP contribution in [0.25, 0.3) is 33.1 Å². The molecule has 0 bridgehead atoms. The van der Waals surface area contributed by atoms with E-state index in [-0.39, 0.29) is 5.69 Å². The maximum absolute atomic E-state index is 13.6. The van der Waals surface area contributed by atoms with E-state index >= 15 is 0 Å². The number of nitrogens with two attached hydrogens (primary N) is 1. The first kappa shape index (κ1) is 12.0. The van der Waals surface area contributed by atoms with Gasteiger partial charge in [0.05, 0.1) is 5.69 Å². The number of hydrogen-bond donors (Lipinski definition) is 1. The number of halogens is 1. The van der Waals surface area contributed by atoms with Gasteiger partial charge in [0.1, 0.15) is 17.0 Å². The Hall–Kier alpha value is -2.81. The van der Waals surface area contributed by atoms with Gasteiger partial charge in [-0.3, -0.25) is 0 Å². The Bertz CT molecular complexity index is 971. The number of para-hydroxylation sites is 2. The van der Waals surface area contributed by atoms with Crippen molar-refractivity contribution in [3.8, 4) is 11.1 Å². The molecule has 0 unspecified atom stereocenters. The Kier molecular flexibility index (Phi) is 2.48. The Morgan fingerprint density at radius 3 is 2.52 bits per heavy atom. The maximum atomic E-state index is 13.6. The molecule has 0 atom stereocenters. The van der Waals surface area contributed by atoms with E-state index < -0.39 is 5.82 Å². The standard InChI is InChI=1S/C18H12FNO/c19-15-6-3-5-12(18(15)20)11-8-9-17-14(10-11)13-4-1-2-7-16(13)21-17/h1-10H,20H2. The molecule has 0 amide bonds. The summed E-state index contributed by atoms with van der Waals surface area (Å²) in [5.74, 6) is -0.398. The Balaban J connectivity index is 2.02. The van der Waals surface area contributed by atoms with Crippen molar-refractivity contribution in [2.24, 2.45) is 0 Å². The van der Waals surface area contributed by atoms with E-state index in [4.69, 9.17) is 10.2 Å². The number of benzene rings is 3. The van der Waals surface area contributed by atoms with E-state index in [1.54, 1.807) is 6.07 Å². The monoisotopic (exact) mass is 277 g/mol. The molecule has 3 aromatic carbocycles. The largest absolute Gasteiger partial charge is 0.456 e. The second-order valence-electron chi connectivity index (χ2n) is 5.01. The molecule has 2 nitrogen and oxygen atoms in total. The third-order valence-electron chi connectivity index (χ3n) is 3.74. The van der Waals surface area contributed by atoms with Gasteiger partial charge in [0, 0.05) is 16.3 Å². The number of anilines is 1. The number of fused-ring (bicyclic) bond motifs is 3. The number of hydrogen-bond acceptors (Lipinski definition) is 2. The van der Waals surface area contributed by atoms with Gasteiger partial charge in [0.15, 0.2) is 0 Å². The van der Waals surface area contributed by atoms with Crippen LogP contribution >= 0.6 is 0 Å². The zero-order chi connectivity index (χ0) is 14.4. The van der Waals surface area contributed by atoms with Crippen LogP contribution in [-0.4, -0.2) is 0 Å². The second kappa shape index (κ2) is 4.35. The fourth-order valence-electron chi connectivity index (χ4n) is 2.68. The fraction of sp³-hybridized carbons (Fsp3) is 0. The smallest absolute Gasteiger partial charge is 0.146 e. The second-order valence-corrected chi connectivity index (χ2v) is 5.01. The van der Waals surface area contributed by atoms with Crippen LogP contribution in [0.15, 0.2) is 65.1 Å². The molecule has 3 heteroatoms. The highest BCUT2D eigenvalue weighted by atomic mass is 19.1. The SMILES string of the molecule is Nc1c(F)cccc1-c1ccc2oc3ccccc3c2c1. The predicted molar refractivity (Wildman–Crippen MR) is 83.5 cm³/mol. The van der Waals surface area contributed by atoms with Crippen molar-refractivity contribution in [3.63, 3.8) is 0 Å². The lowest BCUT2D eigenvalue weighted by atomic mass is 10.0. The molecule has 0 spiro atoms. The molecule has 1 heterocycles. The highest BCUT2D eigenvalue weighted by Gasteiger charge is 2.10. The summed E-state index contributed by atoms with van der Waals surface area (Å²) in [6.07, 6.45) is 0. The highest BCUT2D eigenvalue weighted by molar-refractivity contribution is 6.06. The molecule has 4 aromatic rings. The fourth-order valence-corrected chi connectivity index (χ4v) is 2.68. The van der Waals surface area contributed by atoms with Crippen LogP contribution in [-0.2, 0) is 0 Å². The van der Waals surface area contributed by atoms with Gasteiger partial charge >= 0.3 is 0 Å². The quantitative estimate of drug-likeness (QED) is 0.499. The van der Waals surface area contributed by atoms with Gasteiger partial charge in [-0.15, -0.1) is 0 Å². The van der Waals surface area contributed by atoms with E-state index in [1.807, 2.05) is 48.5 Å². The summed E-state index contributed by atoms with van der Waals surface area (Å²) in [7, 11) is 0. The first-order valence-corrected chi connectivity index (χ1v) is 6.70. The van der Waals surface area contributed by atoms with Gasteiger partial charge in [-0.1, -0.05) is 36.4 Å². The third-order valence-corrected chi connectivity index (χ3v) is 3.74. The Morgan fingerprint density at radius 2 is 1.62 bits per heavy atom. The molecule has 0 radical (unpaired) electrons. The van der Waals surface area contributed by atoms with Crippen LogP contribution in [0.4, 0.5) is 10.1 Å². The summed E-state index contributed by atoms with van der Waals surface area (Å²) in [5, 5.41) is 2.05. The van der Waals surface area contributed by atoms with Crippen LogP contribution in [0.1, 0.15) is 0 Å². The molecular weight excluding hydrogens is 265 g/mol. The lowest BCUT2D eigenvalue weighted by molar-refractivity contribution is 0.633. The molecule has 0 fully saturated rings. The molecule has 21 heavy (non-hydrogen) atoms. The first-order chi connectivity index (χ1) is 10.2. The van der Waals surface area contributed by atoms with Crippen molar-refractivity contribution in [2.45, 2.75) is 0 Å². The number of furan rings is 1. The molecule has 0 aliphatic carbocycles. The topological polar surface area (TPSA) is 39.2 Å². The van der Waals surface area contributed by atoms with Gasteiger partial charge in [0.2, 0.25) is 0 Å². The van der Waals surface area contributed by atoms with Crippen LogP contribution in [0.2, 0.25) is 0 Å². The molecule has 0 aliphatic heterocycles. The predicted octanol–water partition coefficient (Wildman–Crippen LogP) is 4.97. The Labute approximate surface area is 120 Å².